The summed E-state index contributed by atoms with van der Waals surface area (Å²) in [7, 11) is 0. The fourth-order valence-electron chi connectivity index (χ4n) is 7.82. The average Bonchev–Trinajstić information content (AvgIpc) is 3.55. The lowest BCUT2D eigenvalue weighted by atomic mass is 9.89. The van der Waals surface area contributed by atoms with Crippen molar-refractivity contribution in [3.05, 3.63) is 63.1 Å². The second-order valence-corrected chi connectivity index (χ2v) is 12.5. The highest BCUT2D eigenvalue weighted by Gasteiger charge is 2.48. The van der Waals surface area contributed by atoms with Gasteiger partial charge in [0.2, 0.25) is 5.91 Å². The molecule has 9 heteroatoms. The molecule has 4 aliphatic rings. The van der Waals surface area contributed by atoms with Crippen molar-refractivity contribution in [2.24, 2.45) is 0 Å². The van der Waals surface area contributed by atoms with Crippen molar-refractivity contribution >= 4 is 34.2 Å². The Morgan fingerprint density at radius 2 is 1.90 bits per heavy atom. The molecule has 3 aromatic rings. The normalized spacial score (nSPS) is 21.4. The number of benzene rings is 2. The number of anilines is 1. The van der Waals surface area contributed by atoms with Gasteiger partial charge in [0.05, 0.1) is 5.02 Å². The lowest BCUT2D eigenvalue weighted by Crippen LogP contribution is -2.54. The zero-order valence-electron chi connectivity index (χ0n) is 24.0. The Labute approximate surface area is 245 Å². The summed E-state index contributed by atoms with van der Waals surface area (Å²) in [6.07, 6.45) is 5.27. The van der Waals surface area contributed by atoms with Gasteiger partial charge >= 0.3 is 5.69 Å². The van der Waals surface area contributed by atoms with Crippen molar-refractivity contribution in [3.63, 3.8) is 0 Å². The maximum absolute atomic E-state index is 14.3. The van der Waals surface area contributed by atoms with E-state index in [1.807, 2.05) is 10.6 Å². The van der Waals surface area contributed by atoms with E-state index in [0.29, 0.717) is 42.8 Å². The lowest BCUT2D eigenvalue weighted by molar-refractivity contribution is -0.126. The molecular weight excluding hydrogens is 538 g/mol. The lowest BCUT2D eigenvalue weighted by Gasteiger charge is -2.41. The highest BCUT2D eigenvalue weighted by atomic mass is 35.5. The third-order valence-corrected chi connectivity index (χ3v) is 10.2. The Hall–Kier alpha value is -3.36. The number of ether oxygens (including phenoxy) is 1. The summed E-state index contributed by atoms with van der Waals surface area (Å²) in [5.74, 6) is 1.20. The maximum atomic E-state index is 14.3. The van der Waals surface area contributed by atoms with Crippen molar-refractivity contribution in [1.82, 2.24) is 19.4 Å². The minimum atomic E-state index is -0.408. The smallest absolute Gasteiger partial charge is 0.351 e. The van der Waals surface area contributed by atoms with Gasteiger partial charge < -0.3 is 14.5 Å². The number of fused-ring (bicyclic) bond motifs is 6. The molecule has 1 amide bonds. The summed E-state index contributed by atoms with van der Waals surface area (Å²) in [5, 5.41) is 1.42. The van der Waals surface area contributed by atoms with Crippen LogP contribution in [0.3, 0.4) is 0 Å². The number of aryl methyl sites for hydroxylation is 1. The van der Waals surface area contributed by atoms with Crippen LogP contribution in [-0.4, -0.2) is 64.0 Å². The predicted molar refractivity (Wildman–Crippen MR) is 162 cm³/mol. The van der Waals surface area contributed by atoms with Crippen LogP contribution in [0.1, 0.15) is 49.3 Å². The zero-order valence-corrected chi connectivity index (χ0v) is 24.8. The number of aromatic nitrogens is 2. The molecule has 1 aromatic heterocycles. The van der Waals surface area contributed by atoms with Crippen LogP contribution in [-0.2, 0) is 17.1 Å². The molecule has 3 saturated heterocycles. The molecule has 0 bridgehead atoms. The molecule has 0 radical (unpaired) electrons. The van der Waals surface area contributed by atoms with Gasteiger partial charge in [0.15, 0.2) is 5.75 Å². The van der Waals surface area contributed by atoms with Crippen LogP contribution >= 0.6 is 11.6 Å². The highest BCUT2D eigenvalue weighted by Crippen LogP contribution is 2.52. The predicted octanol–water partition coefficient (Wildman–Crippen LogP) is 4.99. The van der Waals surface area contributed by atoms with Crippen LogP contribution in [0.15, 0.2) is 35.6 Å². The summed E-state index contributed by atoms with van der Waals surface area (Å²) in [6.45, 7) is 13.9. The first-order chi connectivity index (χ1) is 19.7. The largest absolute Gasteiger partial charge is 0.486 e. The standard InChI is InChI=1S/C32H36ClN5O3/c1-5-25(39)35-14-15-37(20(3)17-35)30-23-16-24(33)27-26-21(4)19(2)8-9-22(26)18-41-29(27)28(23)38(31(40)34-30)32-10-6-12-36(32)13-7-11-32/h5,8-9,16,20H,1,6-7,10-15,17-18H2,2-4H3/t20-/m0/s1. The molecule has 3 fully saturated rings. The second-order valence-electron chi connectivity index (χ2n) is 12.0. The number of halogens is 1. The van der Waals surface area contributed by atoms with Crippen molar-refractivity contribution in [1.29, 1.82) is 0 Å². The van der Waals surface area contributed by atoms with Gasteiger partial charge in [-0.25, -0.2) is 4.79 Å². The summed E-state index contributed by atoms with van der Waals surface area (Å²) >= 11 is 7.18. The van der Waals surface area contributed by atoms with Crippen molar-refractivity contribution < 1.29 is 9.53 Å². The fourth-order valence-corrected chi connectivity index (χ4v) is 8.11. The molecule has 41 heavy (non-hydrogen) atoms. The number of carbonyl (C=O) groups excluding carboxylic acids is 1. The number of nitrogens with zero attached hydrogens (tertiary/aromatic N) is 5. The number of hydrogen-bond acceptors (Lipinski definition) is 6. The molecular formula is C32H36ClN5O3. The Kier molecular flexibility index (Phi) is 6.21. The van der Waals surface area contributed by atoms with Gasteiger partial charge in [-0.05, 0) is 80.9 Å². The Morgan fingerprint density at radius 3 is 2.61 bits per heavy atom. The van der Waals surface area contributed by atoms with Crippen LogP contribution in [0.4, 0.5) is 5.82 Å². The number of carbonyl (C=O) groups is 1. The first-order valence-electron chi connectivity index (χ1n) is 14.7. The van der Waals surface area contributed by atoms with Gasteiger partial charge in [0.1, 0.15) is 23.6 Å². The minimum Gasteiger partial charge on any atom is -0.486 e. The van der Waals surface area contributed by atoms with E-state index < -0.39 is 5.66 Å². The van der Waals surface area contributed by atoms with Gasteiger partial charge in [-0.15, -0.1) is 0 Å². The number of piperazine rings is 1. The molecule has 7 rings (SSSR count). The Bertz CT molecular complexity index is 1670. The second kappa shape index (κ2) is 9.60. The van der Waals surface area contributed by atoms with Gasteiger partial charge in [0.25, 0.3) is 0 Å². The van der Waals surface area contributed by atoms with Crippen molar-refractivity contribution in [3.8, 4) is 16.9 Å². The third-order valence-electron chi connectivity index (χ3n) is 9.91. The zero-order chi connectivity index (χ0) is 28.6. The molecule has 2 aromatic carbocycles. The third kappa shape index (κ3) is 3.79. The van der Waals surface area contributed by atoms with E-state index in [2.05, 4.69) is 49.3 Å². The molecule has 0 spiro atoms. The first-order valence-corrected chi connectivity index (χ1v) is 15.1. The van der Waals surface area contributed by atoms with Crippen LogP contribution in [0, 0.1) is 13.8 Å². The summed E-state index contributed by atoms with van der Waals surface area (Å²) in [5.41, 5.74) is 5.56. The van der Waals surface area contributed by atoms with E-state index >= 15 is 0 Å². The Balaban J connectivity index is 1.52. The van der Waals surface area contributed by atoms with E-state index in [1.165, 1.54) is 17.2 Å². The Morgan fingerprint density at radius 1 is 1.15 bits per heavy atom. The summed E-state index contributed by atoms with van der Waals surface area (Å²) in [6, 6.07) is 6.19. The van der Waals surface area contributed by atoms with E-state index in [4.69, 9.17) is 21.3 Å². The van der Waals surface area contributed by atoms with E-state index in [-0.39, 0.29) is 17.6 Å². The number of rotatable bonds is 3. The molecule has 4 aliphatic heterocycles. The number of hydrogen-bond donors (Lipinski definition) is 0. The summed E-state index contributed by atoms with van der Waals surface area (Å²) in [4.78, 5) is 37.9. The molecule has 1 atom stereocenters. The molecule has 0 N–H and O–H groups in total. The van der Waals surface area contributed by atoms with E-state index in [9.17, 15) is 9.59 Å². The fraction of sp³-hybridized carbons (Fsp3) is 0.469. The highest BCUT2D eigenvalue weighted by molar-refractivity contribution is 6.35. The van der Waals surface area contributed by atoms with Crippen LogP contribution < -0.4 is 15.3 Å². The molecule has 214 valence electrons. The van der Waals surface area contributed by atoms with Crippen LogP contribution in [0.25, 0.3) is 22.0 Å². The van der Waals surface area contributed by atoms with Gasteiger partial charge in [-0.3, -0.25) is 14.3 Å². The first kappa shape index (κ1) is 26.5. The summed E-state index contributed by atoms with van der Waals surface area (Å²) < 4.78 is 8.56. The minimum absolute atomic E-state index is 0.0485. The quantitative estimate of drug-likeness (QED) is 0.411. The van der Waals surface area contributed by atoms with Crippen molar-refractivity contribution in [2.45, 2.75) is 64.8 Å². The number of amides is 1. The van der Waals surface area contributed by atoms with Gasteiger partial charge in [-0.1, -0.05) is 30.3 Å². The van der Waals surface area contributed by atoms with Crippen molar-refractivity contribution in [2.75, 3.05) is 37.6 Å². The monoisotopic (exact) mass is 573 g/mol. The van der Waals surface area contributed by atoms with Crippen LogP contribution in [0.5, 0.6) is 5.75 Å². The average molecular weight is 574 g/mol. The SMILES string of the molecule is C=CC(=O)N1CCN(c2nc(=O)n(C34CCCN3CCC4)c3c4c(c(Cl)cc23)-c2c(ccc(C)c2C)CO4)[C@@H](C)C1. The topological polar surface area (TPSA) is 70.9 Å². The molecule has 8 nitrogen and oxygen atoms in total. The van der Waals surface area contributed by atoms with E-state index in [1.54, 1.807) is 4.90 Å². The maximum Gasteiger partial charge on any atom is 0.351 e. The van der Waals surface area contributed by atoms with Crippen LogP contribution in [0.2, 0.25) is 5.02 Å². The van der Waals surface area contributed by atoms with Gasteiger partial charge in [-0.2, -0.15) is 4.98 Å². The van der Waals surface area contributed by atoms with E-state index in [0.717, 1.165) is 66.4 Å². The molecule has 0 saturated carbocycles. The molecule has 5 heterocycles. The van der Waals surface area contributed by atoms with Gasteiger partial charge in [0, 0.05) is 49.7 Å². The molecule has 0 aliphatic carbocycles. The molecule has 0 unspecified atom stereocenters.